The molecule has 0 saturated carbocycles. The molecule has 0 N–H and O–H groups in total. The molecule has 5 nitrogen and oxygen atoms in total. The van der Waals surface area contributed by atoms with E-state index >= 15 is 0 Å². The van der Waals surface area contributed by atoms with E-state index in [2.05, 4.69) is 4.98 Å². The number of ether oxygens (including phenoxy) is 1. The van der Waals surface area contributed by atoms with Gasteiger partial charge in [0.15, 0.2) is 0 Å². The molecule has 1 aliphatic rings. The molecule has 0 aliphatic carbocycles. The fourth-order valence-corrected chi connectivity index (χ4v) is 4.91. The number of halogens is 2. The van der Waals surface area contributed by atoms with Crippen molar-refractivity contribution in [3.63, 3.8) is 0 Å². The predicted octanol–water partition coefficient (Wildman–Crippen LogP) is 3.87. The Morgan fingerprint density at radius 2 is 2.00 bits per heavy atom. The summed E-state index contributed by atoms with van der Waals surface area (Å²) in [7, 11) is -3.76. The number of pyridine rings is 1. The Bertz CT molecular complexity index is 1100. The van der Waals surface area contributed by atoms with Gasteiger partial charge in [-0.15, -0.1) is 0 Å². The molecule has 1 unspecified atom stereocenters. The number of hydrogen-bond acceptors (Lipinski definition) is 4. The zero-order valence-corrected chi connectivity index (χ0v) is 15.8. The summed E-state index contributed by atoms with van der Waals surface area (Å²) in [6, 6.07) is 12.9. The van der Waals surface area contributed by atoms with E-state index in [0.29, 0.717) is 18.7 Å². The molecule has 1 aromatic heterocycles. The van der Waals surface area contributed by atoms with Crippen LogP contribution >= 0.6 is 11.6 Å². The van der Waals surface area contributed by atoms with Crippen molar-refractivity contribution >= 4 is 32.5 Å². The molecule has 2 heterocycles. The second-order valence-corrected chi connectivity index (χ2v) is 8.64. The van der Waals surface area contributed by atoms with E-state index in [1.807, 2.05) is 30.3 Å². The van der Waals surface area contributed by atoms with Crippen molar-refractivity contribution < 1.29 is 17.5 Å². The topological polar surface area (TPSA) is 59.5 Å². The summed E-state index contributed by atoms with van der Waals surface area (Å²) in [6.45, 7) is 0.529. The molecule has 0 amide bonds. The van der Waals surface area contributed by atoms with Gasteiger partial charge in [-0.05, 0) is 36.8 Å². The molecule has 0 radical (unpaired) electrons. The van der Waals surface area contributed by atoms with E-state index in [-0.39, 0.29) is 22.6 Å². The van der Waals surface area contributed by atoms with E-state index in [1.165, 1.54) is 10.4 Å². The van der Waals surface area contributed by atoms with Crippen molar-refractivity contribution in [1.82, 2.24) is 9.29 Å². The molecule has 1 saturated heterocycles. The summed E-state index contributed by atoms with van der Waals surface area (Å²) in [5, 5.41) is 0.739. The molecular formula is C19H16ClFN2O3S. The summed E-state index contributed by atoms with van der Waals surface area (Å²) in [4.78, 5) is 4.32. The summed E-state index contributed by atoms with van der Waals surface area (Å²) in [6.07, 6.45) is 1.96. The van der Waals surface area contributed by atoms with E-state index in [0.717, 1.165) is 23.0 Å². The lowest BCUT2D eigenvalue weighted by molar-refractivity contribution is 0.218. The molecule has 1 atom stereocenters. The Morgan fingerprint density at radius 3 is 2.81 bits per heavy atom. The molecule has 27 heavy (non-hydrogen) atoms. The molecule has 4 rings (SSSR count). The van der Waals surface area contributed by atoms with Gasteiger partial charge in [0.2, 0.25) is 10.0 Å². The molecule has 0 spiro atoms. The standard InChI is InChI=1S/C19H16ClFN2O3S/c20-16-11-15(6-7-17(16)21)27(24,25)23-10-8-14(12-23)26-18-5-1-3-13-4-2-9-22-19(13)18/h1-7,9,11,14H,8,10,12H2. The van der Waals surface area contributed by atoms with E-state index < -0.39 is 15.8 Å². The molecule has 0 bridgehead atoms. The fourth-order valence-electron chi connectivity index (χ4n) is 3.15. The van der Waals surface area contributed by atoms with Crippen LogP contribution < -0.4 is 4.74 Å². The molecule has 1 aliphatic heterocycles. The first kappa shape index (κ1) is 18.2. The van der Waals surface area contributed by atoms with Crippen LogP contribution in [0.3, 0.4) is 0 Å². The van der Waals surface area contributed by atoms with Crippen molar-refractivity contribution in [3.05, 3.63) is 65.6 Å². The molecular weight excluding hydrogens is 391 g/mol. The average Bonchev–Trinajstić information content (AvgIpc) is 3.14. The minimum Gasteiger partial charge on any atom is -0.487 e. The number of sulfonamides is 1. The largest absolute Gasteiger partial charge is 0.487 e. The van der Waals surface area contributed by atoms with Crippen LogP contribution in [-0.4, -0.2) is 36.9 Å². The molecule has 1 fully saturated rings. The van der Waals surface area contributed by atoms with Gasteiger partial charge in [0, 0.05) is 18.1 Å². The maximum Gasteiger partial charge on any atom is 0.243 e. The smallest absolute Gasteiger partial charge is 0.243 e. The summed E-state index contributed by atoms with van der Waals surface area (Å²) < 4.78 is 46.3. The number of benzene rings is 2. The first-order valence-electron chi connectivity index (χ1n) is 8.41. The van der Waals surface area contributed by atoms with Crippen molar-refractivity contribution in [2.45, 2.75) is 17.4 Å². The number of fused-ring (bicyclic) bond motifs is 1. The van der Waals surface area contributed by atoms with E-state index in [1.54, 1.807) is 6.20 Å². The Labute approximate surface area is 161 Å². The van der Waals surface area contributed by atoms with Gasteiger partial charge in [-0.1, -0.05) is 29.8 Å². The van der Waals surface area contributed by atoms with E-state index in [4.69, 9.17) is 16.3 Å². The van der Waals surface area contributed by atoms with Gasteiger partial charge in [0.05, 0.1) is 16.5 Å². The van der Waals surface area contributed by atoms with Crippen LogP contribution in [0.2, 0.25) is 5.02 Å². The van der Waals surface area contributed by atoms with Crippen LogP contribution in [0.5, 0.6) is 5.75 Å². The fraction of sp³-hybridized carbons (Fsp3) is 0.211. The van der Waals surface area contributed by atoms with E-state index in [9.17, 15) is 12.8 Å². The Kier molecular flexibility index (Phi) is 4.75. The highest BCUT2D eigenvalue weighted by atomic mass is 35.5. The maximum atomic E-state index is 13.3. The quantitative estimate of drug-likeness (QED) is 0.660. The van der Waals surface area contributed by atoms with Crippen LogP contribution in [0.4, 0.5) is 4.39 Å². The minimum atomic E-state index is -3.76. The number of rotatable bonds is 4. The van der Waals surface area contributed by atoms with Crippen LogP contribution in [0.15, 0.2) is 59.6 Å². The number of aromatic nitrogens is 1. The van der Waals surface area contributed by atoms with Crippen molar-refractivity contribution in [3.8, 4) is 5.75 Å². The second kappa shape index (κ2) is 7.07. The Hall–Kier alpha value is -2.22. The average molecular weight is 407 g/mol. The summed E-state index contributed by atoms with van der Waals surface area (Å²) in [5.74, 6) is -0.0242. The van der Waals surface area contributed by atoms with Gasteiger partial charge < -0.3 is 4.74 Å². The monoisotopic (exact) mass is 406 g/mol. The third-order valence-electron chi connectivity index (χ3n) is 4.53. The van der Waals surface area contributed by atoms with Crippen molar-refractivity contribution in [1.29, 1.82) is 0 Å². The minimum absolute atomic E-state index is 0.0265. The molecule has 3 aromatic rings. The predicted molar refractivity (Wildman–Crippen MR) is 101 cm³/mol. The second-order valence-electron chi connectivity index (χ2n) is 6.30. The molecule has 140 valence electrons. The van der Waals surface area contributed by atoms with Gasteiger partial charge in [0.1, 0.15) is 23.2 Å². The van der Waals surface area contributed by atoms with Crippen LogP contribution in [-0.2, 0) is 10.0 Å². The van der Waals surface area contributed by atoms with Crippen molar-refractivity contribution in [2.24, 2.45) is 0 Å². The Morgan fingerprint density at radius 1 is 1.19 bits per heavy atom. The SMILES string of the molecule is O=S(=O)(c1ccc(F)c(Cl)c1)N1CCC(Oc2cccc3cccnc23)C1. The molecule has 8 heteroatoms. The highest BCUT2D eigenvalue weighted by Crippen LogP contribution is 2.29. The summed E-state index contributed by atoms with van der Waals surface area (Å²) in [5.41, 5.74) is 0.742. The van der Waals surface area contributed by atoms with Crippen LogP contribution in [0.1, 0.15) is 6.42 Å². The highest BCUT2D eigenvalue weighted by Gasteiger charge is 2.34. The lowest BCUT2D eigenvalue weighted by Crippen LogP contribution is -2.31. The third kappa shape index (κ3) is 3.50. The number of para-hydroxylation sites is 1. The number of nitrogens with zero attached hydrogens (tertiary/aromatic N) is 2. The highest BCUT2D eigenvalue weighted by molar-refractivity contribution is 7.89. The summed E-state index contributed by atoms with van der Waals surface area (Å²) >= 11 is 5.73. The maximum absolute atomic E-state index is 13.3. The van der Waals surface area contributed by atoms with Gasteiger partial charge in [0.25, 0.3) is 0 Å². The van der Waals surface area contributed by atoms with Gasteiger partial charge in [-0.2, -0.15) is 4.31 Å². The first-order chi connectivity index (χ1) is 12.9. The van der Waals surface area contributed by atoms with Crippen LogP contribution in [0, 0.1) is 5.82 Å². The van der Waals surface area contributed by atoms with Crippen molar-refractivity contribution in [2.75, 3.05) is 13.1 Å². The lowest BCUT2D eigenvalue weighted by Gasteiger charge is -2.18. The zero-order chi connectivity index (χ0) is 19.0. The Balaban J connectivity index is 1.53. The first-order valence-corrected chi connectivity index (χ1v) is 10.2. The normalized spacial score (nSPS) is 18.1. The zero-order valence-electron chi connectivity index (χ0n) is 14.2. The molecule has 2 aromatic carbocycles. The van der Waals surface area contributed by atoms with Gasteiger partial charge in [-0.25, -0.2) is 12.8 Å². The lowest BCUT2D eigenvalue weighted by atomic mass is 10.2. The van der Waals surface area contributed by atoms with Gasteiger partial charge >= 0.3 is 0 Å². The number of hydrogen-bond donors (Lipinski definition) is 0. The third-order valence-corrected chi connectivity index (χ3v) is 6.68. The van der Waals surface area contributed by atoms with Gasteiger partial charge in [-0.3, -0.25) is 4.98 Å². The van der Waals surface area contributed by atoms with Crippen LogP contribution in [0.25, 0.3) is 10.9 Å².